The molecule has 12 nitrogen and oxygen atoms in total. The zero-order valence-corrected chi connectivity index (χ0v) is 36.4. The molecule has 0 saturated carbocycles. The topological polar surface area (TPSA) is 149 Å². The Labute approximate surface area is 347 Å². The van der Waals surface area contributed by atoms with Crippen LogP contribution in [0.4, 0.5) is 11.6 Å². The van der Waals surface area contributed by atoms with E-state index in [1.165, 1.54) is 51.1 Å². The van der Waals surface area contributed by atoms with Gasteiger partial charge in [0.05, 0.1) is 19.2 Å². The van der Waals surface area contributed by atoms with Crippen molar-refractivity contribution in [1.29, 1.82) is 0 Å². The summed E-state index contributed by atoms with van der Waals surface area (Å²) < 4.78 is 24.7. The minimum Gasteiger partial charge on any atom is -0.611 e. The minimum atomic E-state index is -1.32. The highest BCUT2D eigenvalue weighted by Crippen LogP contribution is 2.38. The van der Waals surface area contributed by atoms with E-state index in [4.69, 9.17) is 9.47 Å². The van der Waals surface area contributed by atoms with Crippen LogP contribution in [-0.2, 0) is 33.7 Å². The molecule has 2 atom stereocenters. The van der Waals surface area contributed by atoms with Gasteiger partial charge in [0.2, 0.25) is 0 Å². The fraction of sp³-hybridized carbons (Fsp3) is 0.578. The van der Waals surface area contributed by atoms with E-state index < -0.39 is 15.9 Å². The average Bonchev–Trinajstić information content (AvgIpc) is 3.73. The van der Waals surface area contributed by atoms with Crippen molar-refractivity contribution < 1.29 is 23.6 Å². The Morgan fingerprint density at radius 1 is 1.05 bits per heavy atom. The molecule has 0 bridgehead atoms. The Balaban J connectivity index is 0.908. The molecule has 0 spiro atoms. The number of benzene rings is 2. The molecule has 2 unspecified atom stereocenters. The lowest BCUT2D eigenvalue weighted by Gasteiger charge is -2.32. The van der Waals surface area contributed by atoms with Crippen LogP contribution in [0.2, 0.25) is 0 Å². The average molecular weight is 814 g/mol. The first-order chi connectivity index (χ1) is 27.8. The predicted octanol–water partition coefficient (Wildman–Crippen LogP) is 8.59. The van der Waals surface area contributed by atoms with Crippen LogP contribution < -0.4 is 10.1 Å². The second-order valence-corrected chi connectivity index (χ2v) is 19.4. The van der Waals surface area contributed by atoms with Crippen LogP contribution in [0, 0.1) is 19.8 Å². The lowest BCUT2D eigenvalue weighted by atomic mass is 9.97. The number of carbonyl (C=O) groups excluding carboxylic acids is 2. The number of fused-ring (bicyclic) bond motifs is 2. The lowest BCUT2D eigenvalue weighted by Crippen LogP contribution is -2.36. The van der Waals surface area contributed by atoms with Crippen LogP contribution in [0.3, 0.4) is 0 Å². The van der Waals surface area contributed by atoms with E-state index in [1.807, 2.05) is 70.7 Å². The molecule has 1 fully saturated rings. The molecule has 2 N–H and O–H groups in total. The van der Waals surface area contributed by atoms with Gasteiger partial charge in [-0.15, -0.1) is 0 Å². The number of H-pyrrole nitrogens is 1. The Kier molecular flexibility index (Phi) is 14.7. The number of nitrogens with one attached hydrogen (secondary N) is 2. The van der Waals surface area contributed by atoms with Crippen LogP contribution in [-0.4, -0.2) is 90.5 Å². The quantitative estimate of drug-likeness (QED) is 0.0536. The maximum Gasteiger partial charge on any atom is 0.305 e. The summed E-state index contributed by atoms with van der Waals surface area (Å²) in [4.78, 5) is 39.0. The van der Waals surface area contributed by atoms with Crippen LogP contribution in [0.15, 0.2) is 41.6 Å². The summed E-state index contributed by atoms with van der Waals surface area (Å²) >= 11 is -1.32. The number of ether oxygens (including phenoxy) is 2. The molecule has 314 valence electrons. The lowest BCUT2D eigenvalue weighted by molar-refractivity contribution is -0.141. The summed E-state index contributed by atoms with van der Waals surface area (Å²) in [6.45, 7) is 16.5. The number of amides is 1. The summed E-state index contributed by atoms with van der Waals surface area (Å²) in [5.74, 6) is 2.24. The summed E-state index contributed by atoms with van der Waals surface area (Å²) in [6.07, 6.45) is 12.9. The van der Waals surface area contributed by atoms with Crippen molar-refractivity contribution >= 4 is 45.6 Å². The van der Waals surface area contributed by atoms with Crippen molar-refractivity contribution in [2.24, 2.45) is 5.92 Å². The zero-order chi connectivity index (χ0) is 41.4. The van der Waals surface area contributed by atoms with Gasteiger partial charge in [-0.3, -0.25) is 14.7 Å². The zero-order valence-electron chi connectivity index (χ0n) is 35.6. The number of methoxy groups -OCH3 is 1. The van der Waals surface area contributed by atoms with Crippen molar-refractivity contribution in [2.75, 3.05) is 38.7 Å². The molecule has 2 aliphatic rings. The molecule has 4 heterocycles. The van der Waals surface area contributed by atoms with Gasteiger partial charge >= 0.3 is 5.97 Å². The van der Waals surface area contributed by atoms with Crippen LogP contribution >= 0.6 is 0 Å². The maximum atomic E-state index is 13.8. The minimum absolute atomic E-state index is 0.00769. The monoisotopic (exact) mass is 813 g/mol. The fourth-order valence-corrected chi connectivity index (χ4v) is 9.19. The molecule has 13 heteroatoms. The first-order valence-corrected chi connectivity index (χ1v) is 22.3. The van der Waals surface area contributed by atoms with E-state index in [9.17, 15) is 14.1 Å². The largest absolute Gasteiger partial charge is 0.611 e. The molecular weight excluding hydrogens is 751 g/mol. The van der Waals surface area contributed by atoms with Crippen molar-refractivity contribution in [1.82, 2.24) is 30.0 Å². The number of nitrogens with zero attached hydrogens (tertiary/aromatic N) is 5. The van der Waals surface area contributed by atoms with Gasteiger partial charge in [0.25, 0.3) is 5.91 Å². The van der Waals surface area contributed by atoms with E-state index in [2.05, 4.69) is 36.4 Å². The van der Waals surface area contributed by atoms with Gasteiger partial charge in [0.15, 0.2) is 16.5 Å². The predicted molar refractivity (Wildman–Crippen MR) is 230 cm³/mol. The third kappa shape index (κ3) is 10.7. The van der Waals surface area contributed by atoms with Crippen molar-refractivity contribution in [3.05, 3.63) is 64.6 Å². The van der Waals surface area contributed by atoms with Gasteiger partial charge < -0.3 is 29.1 Å². The van der Waals surface area contributed by atoms with Gasteiger partial charge in [-0.05, 0) is 134 Å². The Morgan fingerprint density at radius 3 is 2.50 bits per heavy atom. The molecule has 1 amide bonds. The van der Waals surface area contributed by atoms with Gasteiger partial charge in [0, 0.05) is 53.3 Å². The number of unbranched alkanes of at least 4 members (excludes halogenated alkanes) is 5. The summed E-state index contributed by atoms with van der Waals surface area (Å²) in [6, 6.07) is 9.97. The van der Waals surface area contributed by atoms with Crippen LogP contribution in [0.25, 0.3) is 10.9 Å². The number of anilines is 2. The van der Waals surface area contributed by atoms with E-state index in [0.29, 0.717) is 54.2 Å². The molecule has 0 aliphatic carbocycles. The molecule has 6 rings (SSSR count). The standard InChI is InChI=1S/C45H63N7O5S/c1-30(18-19-41(53)56-7)52-27-37-34(16-14-17-35(37)44(52)54)15-12-10-8-9-11-13-22-51-23-20-33(21-24-51)28-57-39-26-38-36(25-40(39)58(55)45(4,5)6)43(47-29-46-38)48-42-31(2)32(3)49-50-42/h14,16-17,25-26,29-30,33H,8-13,15,18-24,27-28H2,1-7H3,(H2,46,47,48,49,50). The van der Waals surface area contributed by atoms with Gasteiger partial charge in [-0.1, -0.05) is 37.8 Å². The molecule has 4 aromatic rings. The van der Waals surface area contributed by atoms with E-state index >= 15 is 0 Å². The van der Waals surface area contributed by atoms with Gasteiger partial charge in [-0.2, -0.15) is 5.10 Å². The third-order valence-electron chi connectivity index (χ3n) is 11.9. The molecule has 0 radical (unpaired) electrons. The first kappa shape index (κ1) is 43.4. The number of aromatic amines is 1. The fourth-order valence-electron chi connectivity index (χ4n) is 8.01. The van der Waals surface area contributed by atoms with Crippen molar-refractivity contribution in [3.63, 3.8) is 0 Å². The highest BCUT2D eigenvalue weighted by Gasteiger charge is 2.34. The van der Waals surface area contributed by atoms with Gasteiger partial charge in [-0.25, -0.2) is 9.97 Å². The van der Waals surface area contributed by atoms with E-state index in [1.54, 1.807) is 0 Å². The third-order valence-corrected chi connectivity index (χ3v) is 13.7. The summed E-state index contributed by atoms with van der Waals surface area (Å²) in [7, 11) is 1.40. The van der Waals surface area contributed by atoms with Crippen molar-refractivity contribution in [3.8, 4) is 5.75 Å². The normalized spacial score (nSPS) is 16.1. The first-order valence-electron chi connectivity index (χ1n) is 21.2. The second kappa shape index (κ2) is 19.7. The molecule has 58 heavy (non-hydrogen) atoms. The maximum absolute atomic E-state index is 13.8. The Hall–Kier alpha value is -4.20. The summed E-state index contributed by atoms with van der Waals surface area (Å²) in [5, 5.41) is 11.5. The second-order valence-electron chi connectivity index (χ2n) is 17.2. The highest BCUT2D eigenvalue weighted by atomic mass is 32.2. The smallest absolute Gasteiger partial charge is 0.305 e. The number of carbonyl (C=O) groups is 2. The van der Waals surface area contributed by atoms with E-state index in [-0.39, 0.29) is 17.9 Å². The summed E-state index contributed by atoms with van der Waals surface area (Å²) in [5.41, 5.74) is 6.00. The Bertz CT molecular complexity index is 2020. The number of esters is 1. The number of aromatic nitrogens is 4. The van der Waals surface area contributed by atoms with Crippen LogP contribution in [0.1, 0.15) is 125 Å². The number of rotatable bonds is 19. The molecule has 1 saturated heterocycles. The van der Waals surface area contributed by atoms with E-state index in [0.717, 1.165) is 78.6 Å². The Morgan fingerprint density at radius 2 is 1.79 bits per heavy atom. The number of hydrogen-bond acceptors (Lipinski definition) is 10. The van der Waals surface area contributed by atoms with Crippen molar-refractivity contribution in [2.45, 2.75) is 134 Å². The highest BCUT2D eigenvalue weighted by molar-refractivity contribution is 7.92. The molecule has 2 aromatic carbocycles. The molecule has 2 aliphatic heterocycles. The SMILES string of the molecule is COC(=O)CCC(C)N1Cc2c(CCCCCCCCN3CCC(COc4cc5ncnc(Nc6n[nH]c(C)c6C)c5cc4[S+]([O-])C(C)(C)C)CC3)cccc2C1=O. The number of piperidine rings is 1. The molecular formula is C45H63N7O5S. The number of aryl methyl sites for hydroxylation is 2. The number of hydrogen-bond donors (Lipinski definition) is 2. The van der Waals surface area contributed by atoms with Crippen LogP contribution in [0.5, 0.6) is 5.75 Å². The van der Waals surface area contributed by atoms with Gasteiger partial charge in [0.1, 0.15) is 16.9 Å². The molecule has 2 aromatic heterocycles. The number of likely N-dealkylation sites (tertiary alicyclic amines) is 1.